The Balaban J connectivity index is 2.07. The molecule has 1 aliphatic heterocycles. The Labute approximate surface area is 127 Å². The molecule has 1 aromatic rings. The van der Waals surface area contributed by atoms with E-state index in [4.69, 9.17) is 0 Å². The average Bonchev–Trinajstić information content (AvgIpc) is 2.41. The van der Waals surface area contributed by atoms with E-state index >= 15 is 0 Å². The summed E-state index contributed by atoms with van der Waals surface area (Å²) in [6.07, 6.45) is 2.27. The van der Waals surface area contributed by atoms with Crippen molar-refractivity contribution in [2.24, 2.45) is 5.92 Å². The number of likely N-dealkylation sites (tertiary alicyclic amines) is 1. The highest BCUT2D eigenvalue weighted by molar-refractivity contribution is 9.10. The summed E-state index contributed by atoms with van der Waals surface area (Å²) in [6.45, 7) is 4.31. The first-order valence-corrected chi connectivity index (χ1v) is 7.65. The second-order valence-electron chi connectivity index (χ2n) is 5.49. The van der Waals surface area contributed by atoms with Crippen LogP contribution in [-0.2, 0) is 0 Å². The van der Waals surface area contributed by atoms with Crippen molar-refractivity contribution in [1.82, 2.24) is 4.90 Å². The maximum Gasteiger partial charge on any atom is 0.293 e. The molecule has 20 heavy (non-hydrogen) atoms. The van der Waals surface area contributed by atoms with E-state index in [9.17, 15) is 10.1 Å². The van der Waals surface area contributed by atoms with Crippen molar-refractivity contribution in [2.45, 2.75) is 25.8 Å². The maximum atomic E-state index is 11.1. The molecule has 1 N–H and O–H groups in total. The third-order valence-corrected chi connectivity index (χ3v) is 4.50. The summed E-state index contributed by atoms with van der Waals surface area (Å²) < 4.78 is 0.724. The number of nitro groups is 1. The van der Waals surface area contributed by atoms with Crippen molar-refractivity contribution >= 4 is 27.3 Å². The molecule has 1 atom stereocenters. The first-order chi connectivity index (χ1) is 9.47. The fourth-order valence-corrected chi connectivity index (χ4v) is 3.02. The van der Waals surface area contributed by atoms with Gasteiger partial charge in [0.1, 0.15) is 5.69 Å². The van der Waals surface area contributed by atoms with Crippen LogP contribution in [0.15, 0.2) is 22.7 Å². The van der Waals surface area contributed by atoms with Gasteiger partial charge in [-0.1, -0.05) is 15.9 Å². The Morgan fingerprint density at radius 2 is 2.10 bits per heavy atom. The average molecular weight is 342 g/mol. The molecule has 1 unspecified atom stereocenters. The number of benzene rings is 1. The number of anilines is 1. The third kappa shape index (κ3) is 3.70. The minimum atomic E-state index is -0.339. The van der Waals surface area contributed by atoms with Crippen molar-refractivity contribution in [3.63, 3.8) is 0 Å². The molecule has 0 aliphatic carbocycles. The van der Waals surface area contributed by atoms with E-state index in [0.717, 1.165) is 30.4 Å². The molecule has 6 heteroatoms. The van der Waals surface area contributed by atoms with Gasteiger partial charge in [0.15, 0.2) is 0 Å². The summed E-state index contributed by atoms with van der Waals surface area (Å²) >= 11 is 3.28. The van der Waals surface area contributed by atoms with Crippen molar-refractivity contribution < 1.29 is 4.92 Å². The summed E-state index contributed by atoms with van der Waals surface area (Å²) in [6, 6.07) is 5.39. The van der Waals surface area contributed by atoms with E-state index in [1.54, 1.807) is 12.1 Å². The lowest BCUT2D eigenvalue weighted by Crippen LogP contribution is -2.37. The Bertz CT molecular complexity index is 487. The molecule has 1 saturated heterocycles. The van der Waals surface area contributed by atoms with Gasteiger partial charge < -0.3 is 10.2 Å². The van der Waals surface area contributed by atoms with Gasteiger partial charge in [-0.3, -0.25) is 10.1 Å². The second-order valence-corrected chi connectivity index (χ2v) is 6.41. The van der Waals surface area contributed by atoms with Gasteiger partial charge in [-0.25, -0.2) is 0 Å². The zero-order valence-electron chi connectivity index (χ0n) is 11.8. The molecule has 0 bridgehead atoms. The van der Waals surface area contributed by atoms with Crippen LogP contribution in [0.1, 0.15) is 19.8 Å². The standard InChI is InChI=1S/C14H20BrN3O2/c1-10(11-5-7-17(2)8-6-11)16-13-4-3-12(15)9-14(13)18(19)20/h3-4,9-11,16H,5-8H2,1-2H3. The molecule has 110 valence electrons. The summed E-state index contributed by atoms with van der Waals surface area (Å²) in [4.78, 5) is 13.1. The van der Waals surface area contributed by atoms with Crippen LogP contribution in [0.3, 0.4) is 0 Å². The van der Waals surface area contributed by atoms with E-state index in [2.05, 4.69) is 40.1 Å². The number of hydrogen-bond acceptors (Lipinski definition) is 4. The lowest BCUT2D eigenvalue weighted by Gasteiger charge is -2.33. The summed E-state index contributed by atoms with van der Waals surface area (Å²) in [5.74, 6) is 0.564. The van der Waals surface area contributed by atoms with Gasteiger partial charge in [0.25, 0.3) is 5.69 Å². The number of nitrogens with one attached hydrogen (secondary N) is 1. The second kappa shape index (κ2) is 6.54. The number of nitrogens with zero attached hydrogens (tertiary/aromatic N) is 2. The zero-order valence-corrected chi connectivity index (χ0v) is 13.4. The highest BCUT2D eigenvalue weighted by Crippen LogP contribution is 2.30. The Hall–Kier alpha value is -1.14. The van der Waals surface area contributed by atoms with Crippen LogP contribution >= 0.6 is 15.9 Å². The Morgan fingerprint density at radius 1 is 1.45 bits per heavy atom. The van der Waals surface area contributed by atoms with Crippen LogP contribution in [0.4, 0.5) is 11.4 Å². The first kappa shape index (κ1) is 15.3. The van der Waals surface area contributed by atoms with Crippen molar-refractivity contribution in [3.05, 3.63) is 32.8 Å². The normalized spacial score (nSPS) is 18.8. The number of piperidine rings is 1. The van der Waals surface area contributed by atoms with Crippen LogP contribution in [0, 0.1) is 16.0 Å². The van der Waals surface area contributed by atoms with Gasteiger partial charge in [-0.2, -0.15) is 0 Å². The molecule has 0 amide bonds. The molecule has 1 fully saturated rings. The monoisotopic (exact) mass is 341 g/mol. The molecule has 1 aliphatic rings. The van der Waals surface area contributed by atoms with Crippen LogP contribution in [-0.4, -0.2) is 36.0 Å². The van der Waals surface area contributed by atoms with E-state index in [1.165, 1.54) is 0 Å². The first-order valence-electron chi connectivity index (χ1n) is 6.86. The van der Waals surface area contributed by atoms with Crippen LogP contribution < -0.4 is 5.32 Å². The molecule has 0 radical (unpaired) electrons. The predicted octanol–water partition coefficient (Wildman–Crippen LogP) is 3.50. The van der Waals surface area contributed by atoms with E-state index in [-0.39, 0.29) is 16.7 Å². The van der Waals surface area contributed by atoms with E-state index in [1.807, 2.05) is 6.07 Å². The van der Waals surface area contributed by atoms with Gasteiger partial charge in [0.2, 0.25) is 0 Å². The molecular weight excluding hydrogens is 322 g/mol. The van der Waals surface area contributed by atoms with Crippen molar-refractivity contribution in [3.8, 4) is 0 Å². The minimum Gasteiger partial charge on any atom is -0.377 e. The largest absolute Gasteiger partial charge is 0.377 e. The Kier molecular flexibility index (Phi) is 4.99. The molecule has 1 aromatic carbocycles. The molecule has 1 heterocycles. The third-order valence-electron chi connectivity index (χ3n) is 4.01. The SMILES string of the molecule is CC(Nc1ccc(Br)cc1[N+](=O)[O-])C1CCN(C)CC1. The van der Waals surface area contributed by atoms with Crippen LogP contribution in [0.5, 0.6) is 0 Å². The van der Waals surface area contributed by atoms with Gasteiger partial charge in [0, 0.05) is 16.6 Å². The van der Waals surface area contributed by atoms with Crippen LogP contribution in [0.2, 0.25) is 0 Å². The number of nitro benzene ring substituents is 1. The molecular formula is C14H20BrN3O2. The number of rotatable bonds is 4. The van der Waals surface area contributed by atoms with Crippen molar-refractivity contribution in [2.75, 3.05) is 25.5 Å². The number of halogens is 1. The van der Waals surface area contributed by atoms with Gasteiger partial charge in [-0.05, 0) is 58.0 Å². The van der Waals surface area contributed by atoms with Gasteiger partial charge >= 0.3 is 0 Å². The van der Waals surface area contributed by atoms with E-state index in [0.29, 0.717) is 11.6 Å². The Morgan fingerprint density at radius 3 is 2.70 bits per heavy atom. The summed E-state index contributed by atoms with van der Waals surface area (Å²) in [7, 11) is 2.13. The quantitative estimate of drug-likeness (QED) is 0.672. The molecule has 0 aromatic heterocycles. The summed E-state index contributed by atoms with van der Waals surface area (Å²) in [5.41, 5.74) is 0.726. The topological polar surface area (TPSA) is 58.4 Å². The predicted molar refractivity (Wildman–Crippen MR) is 84.1 cm³/mol. The zero-order chi connectivity index (χ0) is 14.7. The molecule has 2 rings (SSSR count). The maximum absolute atomic E-state index is 11.1. The van der Waals surface area contributed by atoms with Gasteiger partial charge in [-0.15, -0.1) is 0 Å². The smallest absolute Gasteiger partial charge is 0.293 e. The van der Waals surface area contributed by atoms with E-state index < -0.39 is 0 Å². The van der Waals surface area contributed by atoms with Crippen molar-refractivity contribution in [1.29, 1.82) is 0 Å². The molecule has 0 saturated carbocycles. The lowest BCUT2D eigenvalue weighted by atomic mass is 9.90. The fraction of sp³-hybridized carbons (Fsp3) is 0.571. The molecule has 5 nitrogen and oxygen atoms in total. The van der Waals surface area contributed by atoms with Gasteiger partial charge in [0.05, 0.1) is 4.92 Å². The lowest BCUT2D eigenvalue weighted by molar-refractivity contribution is -0.384. The highest BCUT2D eigenvalue weighted by atomic mass is 79.9. The number of hydrogen-bond donors (Lipinski definition) is 1. The van der Waals surface area contributed by atoms with Crippen LogP contribution in [0.25, 0.3) is 0 Å². The minimum absolute atomic E-state index is 0.124. The summed E-state index contributed by atoms with van der Waals surface area (Å²) in [5, 5.41) is 14.4. The fourth-order valence-electron chi connectivity index (χ4n) is 2.67. The molecule has 0 spiro atoms. The highest BCUT2D eigenvalue weighted by Gasteiger charge is 2.24.